The molecule has 0 radical (unpaired) electrons. The first kappa shape index (κ1) is 17.6. The lowest BCUT2D eigenvalue weighted by atomic mass is 10.6. The van der Waals surface area contributed by atoms with Crippen LogP contribution >= 0.6 is 9.90 Å². The Morgan fingerprint density at radius 2 is 1.55 bits per heavy atom. The van der Waals surface area contributed by atoms with Crippen molar-refractivity contribution >= 4 is 19.7 Å². The first-order valence-corrected chi connectivity index (χ1v) is 4.96. The Balaban J connectivity index is -0.000000114. The minimum absolute atomic E-state index is 0. The predicted molar refractivity (Wildman–Crippen MR) is 55.8 cm³/mol. The van der Waals surface area contributed by atoms with Crippen molar-refractivity contribution < 1.29 is 14.2 Å². The monoisotopic (exact) mass is 200 g/mol. The Morgan fingerprint density at radius 1 is 1.09 bits per heavy atom. The maximum Gasteiger partial charge on any atom is 0.161 e. The van der Waals surface area contributed by atoms with Gasteiger partial charge in [-0.2, -0.15) is 9.90 Å². The summed E-state index contributed by atoms with van der Waals surface area (Å²) in [5.41, 5.74) is 0. The lowest BCUT2D eigenvalue weighted by molar-refractivity contribution is -0.248. The summed E-state index contributed by atoms with van der Waals surface area (Å²) < 4.78 is 4.92. The molecule has 0 aliphatic heterocycles. The van der Waals surface area contributed by atoms with Gasteiger partial charge in [0.05, 0.1) is 14.2 Å². The largest absolute Gasteiger partial charge is 0.427 e. The zero-order valence-electron chi connectivity index (χ0n) is 8.05. The highest BCUT2D eigenvalue weighted by Crippen LogP contribution is 1.82. The van der Waals surface area contributed by atoms with Gasteiger partial charge in [0.25, 0.3) is 0 Å². The molecule has 5 heteroatoms. The van der Waals surface area contributed by atoms with E-state index < -0.39 is 0 Å². The van der Waals surface area contributed by atoms with Crippen LogP contribution in [-0.2, 0) is 14.2 Å². The fourth-order valence-corrected chi connectivity index (χ4v) is 0.866. The predicted octanol–water partition coefficient (Wildman–Crippen LogP) is 0.797. The third-order valence-corrected chi connectivity index (χ3v) is 2.27. The van der Waals surface area contributed by atoms with Crippen LogP contribution in [-0.4, -0.2) is 31.1 Å². The van der Waals surface area contributed by atoms with Crippen LogP contribution < -0.4 is 0 Å². The van der Waals surface area contributed by atoms with Crippen molar-refractivity contribution in [1.82, 2.24) is 0 Å². The molecule has 11 heavy (non-hydrogen) atoms. The SMILES string of the molecule is CCC[SiH2]OC.COOC.P. The van der Waals surface area contributed by atoms with Crippen LogP contribution in [0.2, 0.25) is 6.04 Å². The molecule has 0 aliphatic carbocycles. The van der Waals surface area contributed by atoms with Gasteiger partial charge in [-0.3, -0.25) is 0 Å². The maximum atomic E-state index is 4.92. The molecule has 0 fully saturated rings. The quantitative estimate of drug-likeness (QED) is 0.221. The van der Waals surface area contributed by atoms with Crippen molar-refractivity contribution in [2.24, 2.45) is 0 Å². The van der Waals surface area contributed by atoms with Crippen LogP contribution in [0.15, 0.2) is 0 Å². The normalized spacial score (nSPS) is 8.73. The topological polar surface area (TPSA) is 27.7 Å². The molecule has 0 bridgehead atoms. The van der Waals surface area contributed by atoms with Crippen molar-refractivity contribution in [3.8, 4) is 0 Å². The second kappa shape index (κ2) is 22.4. The van der Waals surface area contributed by atoms with Crippen molar-refractivity contribution in [1.29, 1.82) is 0 Å². The highest BCUT2D eigenvalue weighted by atomic mass is 31.0. The number of hydrogen-bond acceptors (Lipinski definition) is 3. The molecule has 0 rings (SSSR count). The number of hydrogen-bond donors (Lipinski definition) is 0. The van der Waals surface area contributed by atoms with Gasteiger partial charge in [-0.05, 0) is 6.04 Å². The van der Waals surface area contributed by atoms with Crippen molar-refractivity contribution in [3.63, 3.8) is 0 Å². The van der Waals surface area contributed by atoms with Gasteiger partial charge in [-0.1, -0.05) is 13.3 Å². The molecule has 72 valence electrons. The van der Waals surface area contributed by atoms with E-state index in [9.17, 15) is 0 Å². The molecule has 0 aromatic carbocycles. The van der Waals surface area contributed by atoms with E-state index in [4.69, 9.17) is 4.43 Å². The smallest absolute Gasteiger partial charge is 0.161 e. The average Bonchev–Trinajstić information content (AvgIpc) is 2.01. The molecular weight excluding hydrogens is 179 g/mol. The molecule has 0 aliphatic rings. The maximum absolute atomic E-state index is 4.92. The van der Waals surface area contributed by atoms with E-state index in [1.165, 1.54) is 26.7 Å². The minimum Gasteiger partial charge on any atom is -0.427 e. The first-order chi connectivity index (χ1) is 4.83. The van der Waals surface area contributed by atoms with E-state index in [1.54, 1.807) is 7.11 Å². The van der Waals surface area contributed by atoms with Gasteiger partial charge in [0.15, 0.2) is 9.76 Å². The second-order valence-corrected chi connectivity index (χ2v) is 3.37. The summed E-state index contributed by atoms with van der Waals surface area (Å²) >= 11 is 0. The Kier molecular flexibility index (Phi) is 35.8. The Morgan fingerprint density at radius 3 is 1.64 bits per heavy atom. The van der Waals surface area contributed by atoms with Crippen LogP contribution in [0.5, 0.6) is 0 Å². The standard InChI is InChI=1S/C4H12OSi.C2H6O2.H3P/c1-3-4-6-5-2;1-3-4-2;/h3-4,6H2,1-2H3;1-2H3;1H3. The summed E-state index contributed by atoms with van der Waals surface area (Å²) in [6, 6.07) is 1.33. The molecule has 0 N–H and O–H groups in total. The molecule has 0 heterocycles. The summed E-state index contributed by atoms with van der Waals surface area (Å²) in [5, 5.41) is 0. The molecule has 0 aromatic rings. The lowest BCUT2D eigenvalue weighted by Crippen LogP contribution is -1.89. The first-order valence-electron chi connectivity index (χ1n) is 3.39. The third-order valence-electron chi connectivity index (χ3n) is 0.869. The van der Waals surface area contributed by atoms with Gasteiger partial charge < -0.3 is 4.43 Å². The Labute approximate surface area is 75.3 Å². The highest BCUT2D eigenvalue weighted by Gasteiger charge is 1.77. The number of rotatable bonds is 4. The zero-order chi connectivity index (χ0) is 8.24. The fourth-order valence-electron chi connectivity index (χ4n) is 0.289. The van der Waals surface area contributed by atoms with Gasteiger partial charge >= 0.3 is 0 Å². The van der Waals surface area contributed by atoms with Crippen LogP contribution in [0.3, 0.4) is 0 Å². The van der Waals surface area contributed by atoms with Gasteiger partial charge in [0.1, 0.15) is 0 Å². The Hall–Kier alpha value is 0.527. The second-order valence-electron chi connectivity index (χ2n) is 1.68. The zero-order valence-corrected chi connectivity index (χ0v) is 10.9. The summed E-state index contributed by atoms with van der Waals surface area (Å²) in [4.78, 5) is 8.08. The van der Waals surface area contributed by atoms with Crippen molar-refractivity contribution in [3.05, 3.63) is 0 Å². The van der Waals surface area contributed by atoms with Gasteiger partial charge in [-0.15, -0.1) is 0 Å². The molecule has 0 spiro atoms. The molecular formula is C6H21O3PSi. The van der Waals surface area contributed by atoms with Crippen LogP contribution in [0.25, 0.3) is 0 Å². The van der Waals surface area contributed by atoms with E-state index >= 15 is 0 Å². The van der Waals surface area contributed by atoms with E-state index in [2.05, 4.69) is 16.7 Å². The van der Waals surface area contributed by atoms with E-state index in [-0.39, 0.29) is 19.7 Å². The van der Waals surface area contributed by atoms with Crippen LogP contribution in [0, 0.1) is 0 Å². The fraction of sp³-hybridized carbons (Fsp3) is 1.00. The minimum atomic E-state index is -0.0783. The molecule has 1 atom stereocenters. The van der Waals surface area contributed by atoms with Crippen molar-refractivity contribution in [2.75, 3.05) is 21.3 Å². The van der Waals surface area contributed by atoms with Crippen LogP contribution in [0.1, 0.15) is 13.3 Å². The lowest BCUT2D eigenvalue weighted by Gasteiger charge is -1.88. The third kappa shape index (κ3) is 37.3. The van der Waals surface area contributed by atoms with Gasteiger partial charge in [-0.25, -0.2) is 9.78 Å². The molecule has 0 saturated carbocycles. The van der Waals surface area contributed by atoms with Gasteiger partial charge in [0.2, 0.25) is 0 Å². The summed E-state index contributed by atoms with van der Waals surface area (Å²) in [6.45, 7) is 2.19. The molecule has 0 aromatic heterocycles. The molecule has 3 nitrogen and oxygen atoms in total. The summed E-state index contributed by atoms with van der Waals surface area (Å²) in [7, 11) is 4.63. The van der Waals surface area contributed by atoms with E-state index in [1.807, 2.05) is 0 Å². The molecule has 1 unspecified atom stereocenters. The average molecular weight is 200 g/mol. The van der Waals surface area contributed by atoms with E-state index in [0.717, 1.165) is 0 Å². The van der Waals surface area contributed by atoms with Crippen molar-refractivity contribution in [2.45, 2.75) is 19.4 Å². The van der Waals surface area contributed by atoms with E-state index in [0.29, 0.717) is 0 Å². The molecule has 0 saturated heterocycles. The van der Waals surface area contributed by atoms with Gasteiger partial charge in [0, 0.05) is 7.11 Å². The molecule has 0 amide bonds. The summed E-state index contributed by atoms with van der Waals surface area (Å²) in [6.07, 6.45) is 1.29. The van der Waals surface area contributed by atoms with Crippen LogP contribution in [0.4, 0.5) is 0 Å². The highest BCUT2D eigenvalue weighted by molar-refractivity contribution is 6.92. The Bertz CT molecular complexity index is 42.8. The summed E-state index contributed by atoms with van der Waals surface area (Å²) in [5.74, 6) is 0.